The van der Waals surface area contributed by atoms with Crippen molar-refractivity contribution in [3.63, 3.8) is 0 Å². The summed E-state index contributed by atoms with van der Waals surface area (Å²) in [6.07, 6.45) is 14.3. The van der Waals surface area contributed by atoms with E-state index in [-0.39, 0.29) is 5.60 Å². The van der Waals surface area contributed by atoms with Crippen LogP contribution < -0.4 is 0 Å². The Labute approximate surface area is 237 Å². The van der Waals surface area contributed by atoms with E-state index in [1.807, 2.05) is 0 Å². The summed E-state index contributed by atoms with van der Waals surface area (Å²) in [5, 5.41) is 0. The fourth-order valence-electron chi connectivity index (χ4n) is 5.98. The second-order valence-electron chi connectivity index (χ2n) is 11.9. The highest BCUT2D eigenvalue weighted by atomic mass is 28.2. The second-order valence-corrected chi connectivity index (χ2v) is 13.1. The third-order valence-electron chi connectivity index (χ3n) is 9.08. The summed E-state index contributed by atoms with van der Waals surface area (Å²) in [5.74, 6) is 0. The van der Waals surface area contributed by atoms with Gasteiger partial charge in [-0.15, -0.1) is 0 Å². The number of rotatable bonds is 27. The van der Waals surface area contributed by atoms with Crippen LogP contribution in [-0.2, 0) is 4.43 Å². The van der Waals surface area contributed by atoms with Crippen LogP contribution in [0.25, 0.3) is 0 Å². The van der Waals surface area contributed by atoms with Gasteiger partial charge in [-0.3, -0.25) is 0 Å². The molecule has 0 unspecified atom stereocenters. The minimum Gasteiger partial charge on any atom is -0.419 e. The molecule has 0 aliphatic carbocycles. The van der Waals surface area contributed by atoms with Crippen molar-refractivity contribution in [2.75, 3.05) is 58.9 Å². The molecule has 0 amide bonds. The largest absolute Gasteiger partial charge is 0.419 e. The Kier molecular flexibility index (Phi) is 22.9. The number of hydrogen-bond donors (Lipinski definition) is 0. The highest BCUT2D eigenvalue weighted by molar-refractivity contribution is 6.27. The summed E-state index contributed by atoms with van der Waals surface area (Å²) < 4.78 is 6.75. The van der Waals surface area contributed by atoms with E-state index in [0.29, 0.717) is 5.41 Å². The zero-order valence-electron chi connectivity index (χ0n) is 27.3. The molecule has 0 rings (SSSR count). The van der Waals surface area contributed by atoms with E-state index in [0.717, 1.165) is 12.8 Å². The van der Waals surface area contributed by atoms with Crippen molar-refractivity contribution in [3.05, 3.63) is 0 Å². The highest BCUT2D eigenvalue weighted by Gasteiger charge is 2.31. The Morgan fingerprint density at radius 2 is 0.892 bits per heavy atom. The van der Waals surface area contributed by atoms with Gasteiger partial charge in [0.15, 0.2) is 9.76 Å². The number of hydrogen-bond acceptors (Lipinski definition) is 4. The molecule has 0 atom stereocenters. The summed E-state index contributed by atoms with van der Waals surface area (Å²) in [5.41, 5.74) is 0.565. The Morgan fingerprint density at radius 1 is 0.541 bits per heavy atom. The van der Waals surface area contributed by atoms with Crippen LogP contribution in [0.15, 0.2) is 0 Å². The number of nitrogens with zero attached hydrogens (tertiary/aromatic N) is 3. The molecule has 0 radical (unpaired) electrons. The molecular weight excluding hydrogens is 470 g/mol. The Balaban J connectivity index is 5.58. The molecule has 4 nitrogen and oxygen atoms in total. The van der Waals surface area contributed by atoms with Gasteiger partial charge >= 0.3 is 0 Å². The quantitative estimate of drug-likeness (QED) is 0.0996. The molecule has 224 valence electrons. The molecule has 0 spiro atoms. The molecule has 0 bridgehead atoms. The third kappa shape index (κ3) is 16.7. The average Bonchev–Trinajstić information content (AvgIpc) is 2.91. The lowest BCUT2D eigenvalue weighted by Gasteiger charge is -2.38. The van der Waals surface area contributed by atoms with E-state index >= 15 is 0 Å². The summed E-state index contributed by atoms with van der Waals surface area (Å²) in [6, 6.07) is 1.36. The molecule has 5 heteroatoms. The lowest BCUT2D eigenvalue weighted by atomic mass is 9.76. The molecule has 0 aliphatic rings. The van der Waals surface area contributed by atoms with E-state index in [2.05, 4.69) is 77.0 Å². The van der Waals surface area contributed by atoms with Crippen molar-refractivity contribution in [1.82, 2.24) is 14.7 Å². The Morgan fingerprint density at radius 3 is 1.16 bits per heavy atom. The molecule has 0 aliphatic heterocycles. The second kappa shape index (κ2) is 22.8. The van der Waals surface area contributed by atoms with E-state index in [1.54, 1.807) is 0 Å². The van der Waals surface area contributed by atoms with Crippen molar-refractivity contribution in [3.8, 4) is 0 Å². The van der Waals surface area contributed by atoms with Gasteiger partial charge in [-0.05, 0) is 148 Å². The average molecular weight is 542 g/mol. The van der Waals surface area contributed by atoms with Crippen LogP contribution in [0.5, 0.6) is 0 Å². The van der Waals surface area contributed by atoms with Crippen molar-refractivity contribution in [2.24, 2.45) is 5.41 Å². The summed E-state index contributed by atoms with van der Waals surface area (Å²) >= 11 is 0. The Bertz CT molecular complexity index is 450. The third-order valence-corrected chi connectivity index (χ3v) is 11.3. The maximum absolute atomic E-state index is 6.75. The lowest BCUT2D eigenvalue weighted by Crippen LogP contribution is -2.34. The van der Waals surface area contributed by atoms with Crippen LogP contribution >= 0.6 is 0 Å². The summed E-state index contributed by atoms with van der Waals surface area (Å²) in [4.78, 5) is 8.01. The first kappa shape index (κ1) is 37.1. The highest BCUT2D eigenvalue weighted by Crippen LogP contribution is 2.40. The summed E-state index contributed by atoms with van der Waals surface area (Å²) in [6.45, 7) is 32.0. The standard InChI is InChI=1S/C32H71N3OSi/c1-10-24-33(15-6)27-18-21-32(22-19-28-34(16-7)25-11-2,23-20-29-35(17-8)26-12-3)30-37-36-31(9,13-4)14-5/h10-30,37H2,1-9H3. The molecule has 0 aromatic rings. The van der Waals surface area contributed by atoms with Crippen molar-refractivity contribution in [2.45, 2.75) is 145 Å². The molecule has 0 heterocycles. The normalized spacial score (nSPS) is 13.3. The van der Waals surface area contributed by atoms with Gasteiger partial charge < -0.3 is 19.1 Å². The van der Waals surface area contributed by atoms with E-state index in [9.17, 15) is 0 Å². The molecule has 0 aromatic heterocycles. The first-order chi connectivity index (χ1) is 17.8. The molecule has 0 aromatic carbocycles. The first-order valence-corrected chi connectivity index (χ1v) is 18.2. The van der Waals surface area contributed by atoms with Crippen LogP contribution in [-0.4, -0.2) is 89.0 Å². The van der Waals surface area contributed by atoms with E-state index < -0.39 is 9.76 Å². The fourth-order valence-corrected chi connectivity index (χ4v) is 8.17. The first-order valence-electron chi connectivity index (χ1n) is 16.6. The van der Waals surface area contributed by atoms with Gasteiger partial charge in [0.2, 0.25) is 0 Å². The van der Waals surface area contributed by atoms with Gasteiger partial charge in [-0.1, -0.05) is 55.4 Å². The Hall–Kier alpha value is 0.0569. The summed E-state index contributed by atoms with van der Waals surface area (Å²) in [7, 11) is -0.546. The van der Waals surface area contributed by atoms with Crippen LogP contribution in [0.4, 0.5) is 0 Å². The minimum atomic E-state index is -0.546. The van der Waals surface area contributed by atoms with Crippen LogP contribution in [0, 0.1) is 5.41 Å². The maximum atomic E-state index is 6.75. The van der Waals surface area contributed by atoms with Gasteiger partial charge in [0.05, 0.1) is 5.60 Å². The molecule has 0 saturated carbocycles. The molecular formula is C32H71N3OSi. The predicted octanol–water partition coefficient (Wildman–Crippen LogP) is 7.61. The molecule has 0 N–H and O–H groups in total. The van der Waals surface area contributed by atoms with Crippen LogP contribution in [0.1, 0.15) is 133 Å². The molecule has 37 heavy (non-hydrogen) atoms. The lowest BCUT2D eigenvalue weighted by molar-refractivity contribution is 0.0795. The van der Waals surface area contributed by atoms with Gasteiger partial charge in [-0.25, -0.2) is 0 Å². The topological polar surface area (TPSA) is 19.0 Å². The van der Waals surface area contributed by atoms with Gasteiger partial charge in [-0.2, -0.15) is 0 Å². The van der Waals surface area contributed by atoms with Crippen LogP contribution in [0.3, 0.4) is 0 Å². The van der Waals surface area contributed by atoms with E-state index in [1.165, 1.54) is 123 Å². The predicted molar refractivity (Wildman–Crippen MR) is 171 cm³/mol. The van der Waals surface area contributed by atoms with Crippen molar-refractivity contribution in [1.29, 1.82) is 0 Å². The van der Waals surface area contributed by atoms with Crippen molar-refractivity contribution >= 4 is 9.76 Å². The maximum Gasteiger partial charge on any atom is 0.162 e. The monoisotopic (exact) mass is 542 g/mol. The van der Waals surface area contributed by atoms with Crippen LogP contribution in [0.2, 0.25) is 6.04 Å². The van der Waals surface area contributed by atoms with Gasteiger partial charge in [0, 0.05) is 0 Å². The van der Waals surface area contributed by atoms with Crippen molar-refractivity contribution < 1.29 is 4.43 Å². The zero-order valence-corrected chi connectivity index (χ0v) is 28.7. The zero-order chi connectivity index (χ0) is 28.0. The fraction of sp³-hybridized carbons (Fsp3) is 1.00. The van der Waals surface area contributed by atoms with Gasteiger partial charge in [0.25, 0.3) is 0 Å². The minimum absolute atomic E-state index is 0.0956. The van der Waals surface area contributed by atoms with E-state index in [4.69, 9.17) is 4.43 Å². The SMILES string of the molecule is CCCN(CC)CCCC(CCCN(CC)CCC)(CCCN(CC)CCC)C[SiH2]OC(C)(CC)CC. The van der Waals surface area contributed by atoms with Gasteiger partial charge in [0.1, 0.15) is 0 Å². The molecule has 0 fully saturated rings. The molecule has 0 saturated heterocycles. The smallest absolute Gasteiger partial charge is 0.162 e.